The predicted octanol–water partition coefficient (Wildman–Crippen LogP) is -0.176. The molecule has 1 rings (SSSR count). The van der Waals surface area contributed by atoms with Crippen LogP contribution in [0.3, 0.4) is 0 Å². The second-order valence-electron chi connectivity index (χ2n) is 1.43. The van der Waals surface area contributed by atoms with Gasteiger partial charge < -0.3 is 11.5 Å². The smallest absolute Gasteiger partial charge is 0.260 e. The van der Waals surface area contributed by atoms with Crippen LogP contribution >= 0.6 is 11.3 Å². The fourth-order valence-corrected chi connectivity index (χ4v) is 0.938. The summed E-state index contributed by atoms with van der Waals surface area (Å²) in [6.07, 6.45) is 1.36. The summed E-state index contributed by atoms with van der Waals surface area (Å²) in [5.74, 6) is -0.482. The van der Waals surface area contributed by atoms with Gasteiger partial charge >= 0.3 is 0 Å². The van der Waals surface area contributed by atoms with Crippen molar-refractivity contribution in [2.24, 2.45) is 5.73 Å². The van der Waals surface area contributed by atoms with Crippen molar-refractivity contribution >= 4 is 22.4 Å². The Balaban J connectivity index is 2.98. The molecule has 0 aromatic carbocycles. The van der Waals surface area contributed by atoms with Crippen molar-refractivity contribution in [2.45, 2.75) is 0 Å². The zero-order valence-electron chi connectivity index (χ0n) is 4.50. The van der Waals surface area contributed by atoms with Crippen molar-refractivity contribution in [3.05, 3.63) is 11.1 Å². The van der Waals surface area contributed by atoms with Crippen LogP contribution < -0.4 is 11.5 Å². The number of rotatable bonds is 1. The van der Waals surface area contributed by atoms with Crippen LogP contribution in [-0.4, -0.2) is 10.9 Å². The van der Waals surface area contributed by atoms with Crippen LogP contribution in [0.1, 0.15) is 9.67 Å². The largest absolute Gasteiger partial charge is 0.375 e. The van der Waals surface area contributed by atoms with E-state index < -0.39 is 5.91 Å². The van der Waals surface area contributed by atoms with Gasteiger partial charge in [0.2, 0.25) is 0 Å². The lowest BCUT2D eigenvalue weighted by molar-refractivity contribution is 0.100. The zero-order valence-corrected chi connectivity index (χ0v) is 5.31. The number of nitrogens with two attached hydrogens (primary N) is 2. The molecular weight excluding hydrogens is 138 g/mol. The van der Waals surface area contributed by atoms with E-state index in [0.29, 0.717) is 10.0 Å². The molecule has 1 amide bonds. The summed E-state index contributed by atoms with van der Waals surface area (Å²) in [6, 6.07) is 0. The molecule has 0 unspecified atom stereocenters. The van der Waals surface area contributed by atoms with Crippen molar-refractivity contribution in [3.8, 4) is 0 Å². The fraction of sp³-hybridized carbons (Fsp3) is 0. The topological polar surface area (TPSA) is 82.0 Å². The van der Waals surface area contributed by atoms with Crippen molar-refractivity contribution in [2.75, 3.05) is 5.73 Å². The molecule has 0 saturated carbocycles. The Bertz CT molecular complexity index is 231. The molecule has 0 spiro atoms. The van der Waals surface area contributed by atoms with E-state index in [0.717, 1.165) is 11.3 Å². The number of primary amides is 1. The van der Waals surface area contributed by atoms with Crippen LogP contribution in [0.2, 0.25) is 0 Å². The Labute approximate surface area is 55.5 Å². The second-order valence-corrected chi connectivity index (χ2v) is 2.49. The van der Waals surface area contributed by atoms with Crippen LogP contribution in [0.25, 0.3) is 0 Å². The van der Waals surface area contributed by atoms with Gasteiger partial charge in [0.25, 0.3) is 5.91 Å². The molecule has 0 atom stereocenters. The molecule has 1 aromatic rings. The van der Waals surface area contributed by atoms with E-state index in [1.165, 1.54) is 6.20 Å². The molecule has 0 saturated heterocycles. The average Bonchev–Trinajstić information content (AvgIpc) is 2.14. The lowest BCUT2D eigenvalue weighted by Gasteiger charge is -1.79. The first-order valence-electron chi connectivity index (χ1n) is 2.21. The number of hydrogen-bond donors (Lipinski definition) is 2. The average molecular weight is 143 g/mol. The van der Waals surface area contributed by atoms with Gasteiger partial charge in [0, 0.05) is 0 Å². The lowest BCUT2D eigenvalue weighted by atomic mass is 10.5. The van der Waals surface area contributed by atoms with E-state index in [1.807, 2.05) is 0 Å². The highest BCUT2D eigenvalue weighted by Crippen LogP contribution is 2.12. The van der Waals surface area contributed by atoms with Gasteiger partial charge in [0.1, 0.15) is 4.88 Å². The van der Waals surface area contributed by atoms with E-state index in [9.17, 15) is 4.79 Å². The summed E-state index contributed by atoms with van der Waals surface area (Å²) in [7, 11) is 0. The lowest BCUT2D eigenvalue weighted by Crippen LogP contribution is -2.08. The van der Waals surface area contributed by atoms with E-state index in [2.05, 4.69) is 4.98 Å². The Morgan fingerprint density at radius 1 is 1.78 bits per heavy atom. The van der Waals surface area contributed by atoms with Gasteiger partial charge in [-0.1, -0.05) is 11.3 Å². The number of nitrogens with zero attached hydrogens (tertiary/aromatic N) is 1. The maximum absolute atomic E-state index is 10.4. The SMILES string of the molecule is NC(=O)c1cnc(N)s1. The maximum Gasteiger partial charge on any atom is 0.260 e. The first-order valence-corrected chi connectivity index (χ1v) is 3.03. The van der Waals surface area contributed by atoms with Crippen LogP contribution in [0.5, 0.6) is 0 Å². The highest BCUT2D eigenvalue weighted by molar-refractivity contribution is 7.17. The Morgan fingerprint density at radius 3 is 2.67 bits per heavy atom. The molecule has 1 heterocycles. The molecule has 4 N–H and O–H groups in total. The summed E-state index contributed by atoms with van der Waals surface area (Å²) < 4.78 is 0. The highest BCUT2D eigenvalue weighted by Gasteiger charge is 2.02. The molecule has 1 aromatic heterocycles. The zero-order chi connectivity index (χ0) is 6.85. The maximum atomic E-state index is 10.4. The molecule has 0 aliphatic heterocycles. The van der Waals surface area contributed by atoms with Gasteiger partial charge in [-0.2, -0.15) is 0 Å². The Morgan fingerprint density at radius 2 is 2.44 bits per heavy atom. The molecule has 4 nitrogen and oxygen atoms in total. The molecule has 5 heteroatoms. The van der Waals surface area contributed by atoms with E-state index in [1.54, 1.807) is 0 Å². The number of carbonyl (C=O) groups is 1. The number of thiazole rings is 1. The third-order valence-corrected chi connectivity index (χ3v) is 1.61. The molecule has 9 heavy (non-hydrogen) atoms. The van der Waals surface area contributed by atoms with E-state index in [4.69, 9.17) is 11.5 Å². The number of anilines is 1. The molecule has 0 bridgehead atoms. The number of hydrogen-bond acceptors (Lipinski definition) is 4. The third-order valence-electron chi connectivity index (χ3n) is 0.766. The summed E-state index contributed by atoms with van der Waals surface area (Å²) >= 11 is 1.09. The summed E-state index contributed by atoms with van der Waals surface area (Å²) in [6.45, 7) is 0. The molecule has 0 fully saturated rings. The summed E-state index contributed by atoms with van der Waals surface area (Å²) in [5.41, 5.74) is 10.1. The van der Waals surface area contributed by atoms with Crippen LogP contribution in [0, 0.1) is 0 Å². The van der Waals surface area contributed by atoms with Gasteiger partial charge in [0.05, 0.1) is 6.20 Å². The van der Waals surface area contributed by atoms with Gasteiger partial charge in [-0.3, -0.25) is 4.79 Å². The van der Waals surface area contributed by atoms with Gasteiger partial charge in [-0.25, -0.2) is 4.98 Å². The molecular formula is C4H5N3OS. The first-order chi connectivity index (χ1) is 4.20. The van der Waals surface area contributed by atoms with Gasteiger partial charge in [0.15, 0.2) is 5.13 Å². The number of amides is 1. The van der Waals surface area contributed by atoms with E-state index in [-0.39, 0.29) is 0 Å². The quantitative estimate of drug-likeness (QED) is 0.572. The fourth-order valence-electron chi connectivity index (χ4n) is 0.402. The highest BCUT2D eigenvalue weighted by atomic mass is 32.1. The Hall–Kier alpha value is -1.10. The monoisotopic (exact) mass is 143 g/mol. The van der Waals surface area contributed by atoms with E-state index >= 15 is 0 Å². The van der Waals surface area contributed by atoms with Crippen molar-refractivity contribution in [1.82, 2.24) is 4.98 Å². The van der Waals surface area contributed by atoms with Crippen molar-refractivity contribution in [1.29, 1.82) is 0 Å². The standard InChI is InChI=1S/C4H5N3OS/c5-3(8)2-1-7-4(6)9-2/h1H,(H2,5,8)(H2,6,7). The predicted molar refractivity (Wildman–Crippen MR) is 35.0 cm³/mol. The molecule has 0 aliphatic rings. The summed E-state index contributed by atoms with van der Waals surface area (Å²) in [5, 5.41) is 0.365. The van der Waals surface area contributed by atoms with Crippen LogP contribution in [0.15, 0.2) is 6.20 Å². The van der Waals surface area contributed by atoms with Crippen LogP contribution in [0.4, 0.5) is 5.13 Å². The number of nitrogen functional groups attached to an aromatic ring is 1. The number of aromatic nitrogens is 1. The normalized spacial score (nSPS) is 9.33. The summed E-state index contributed by atoms with van der Waals surface area (Å²) in [4.78, 5) is 14.4. The molecule has 0 aliphatic carbocycles. The number of carbonyl (C=O) groups excluding carboxylic acids is 1. The van der Waals surface area contributed by atoms with Gasteiger partial charge in [-0.05, 0) is 0 Å². The Kier molecular flexibility index (Phi) is 1.35. The van der Waals surface area contributed by atoms with Gasteiger partial charge in [-0.15, -0.1) is 0 Å². The molecule has 48 valence electrons. The minimum atomic E-state index is -0.482. The minimum Gasteiger partial charge on any atom is -0.375 e. The third kappa shape index (κ3) is 1.17. The van der Waals surface area contributed by atoms with Crippen LogP contribution in [-0.2, 0) is 0 Å². The minimum absolute atomic E-state index is 0.365. The molecule has 0 radical (unpaired) electrons. The first kappa shape index (κ1) is 6.03. The van der Waals surface area contributed by atoms with Crippen molar-refractivity contribution < 1.29 is 4.79 Å². The second kappa shape index (κ2) is 2.02. The van der Waals surface area contributed by atoms with Crippen molar-refractivity contribution in [3.63, 3.8) is 0 Å².